The summed E-state index contributed by atoms with van der Waals surface area (Å²) in [6.45, 7) is 1.99. The van der Waals surface area contributed by atoms with Gasteiger partial charge in [0.2, 0.25) is 5.91 Å². The lowest BCUT2D eigenvalue weighted by Gasteiger charge is -2.07. The molecule has 3 aromatic rings. The van der Waals surface area contributed by atoms with E-state index in [0.717, 1.165) is 0 Å². The molecule has 0 aliphatic rings. The summed E-state index contributed by atoms with van der Waals surface area (Å²) in [6.07, 6.45) is 0. The molecule has 0 unspecified atom stereocenters. The maximum absolute atomic E-state index is 12.3. The van der Waals surface area contributed by atoms with E-state index in [2.05, 4.69) is 15.5 Å². The van der Waals surface area contributed by atoms with Gasteiger partial charge in [0.1, 0.15) is 0 Å². The fourth-order valence-electron chi connectivity index (χ4n) is 2.72. The van der Waals surface area contributed by atoms with Gasteiger partial charge in [-0.15, -0.1) is 10.2 Å². The molecule has 1 amide bonds. The van der Waals surface area contributed by atoms with E-state index in [9.17, 15) is 19.7 Å². The Morgan fingerprint density at radius 2 is 1.97 bits per heavy atom. The molecule has 1 aromatic heterocycles. The lowest BCUT2D eigenvalue weighted by atomic mass is 10.2. The van der Waals surface area contributed by atoms with Crippen LogP contribution in [0.25, 0.3) is 11.4 Å². The van der Waals surface area contributed by atoms with Gasteiger partial charge in [-0.2, -0.15) is 0 Å². The number of carbonyl (C=O) groups excluding carboxylic acids is 2. The summed E-state index contributed by atoms with van der Waals surface area (Å²) in [7, 11) is 1.72. The number of ether oxygens (including phenoxy) is 1. The number of benzene rings is 2. The van der Waals surface area contributed by atoms with E-state index >= 15 is 0 Å². The van der Waals surface area contributed by atoms with Crippen molar-refractivity contribution in [1.29, 1.82) is 0 Å². The Kier molecular flexibility index (Phi) is 6.98. The zero-order chi connectivity index (χ0) is 22.4. The minimum atomic E-state index is -0.475. The van der Waals surface area contributed by atoms with Crippen molar-refractivity contribution >= 4 is 35.0 Å². The number of aromatic nitrogens is 3. The van der Waals surface area contributed by atoms with Crippen molar-refractivity contribution in [3.8, 4) is 11.4 Å². The van der Waals surface area contributed by atoms with E-state index in [-0.39, 0.29) is 24.0 Å². The number of thioether (sulfide) groups is 1. The highest BCUT2D eigenvalue weighted by atomic mass is 32.2. The second-order valence-corrected chi connectivity index (χ2v) is 7.25. The molecule has 2 aromatic carbocycles. The number of non-ortho nitro benzene ring substituents is 1. The summed E-state index contributed by atoms with van der Waals surface area (Å²) in [5, 5.41) is 22.3. The number of esters is 1. The quantitative estimate of drug-likeness (QED) is 0.244. The first kappa shape index (κ1) is 22.0. The van der Waals surface area contributed by atoms with Crippen LogP contribution in [0.2, 0.25) is 0 Å². The molecule has 0 fully saturated rings. The summed E-state index contributed by atoms with van der Waals surface area (Å²) >= 11 is 1.17. The third kappa shape index (κ3) is 5.45. The van der Waals surface area contributed by atoms with Gasteiger partial charge in [-0.25, -0.2) is 4.79 Å². The number of hydrogen-bond acceptors (Lipinski definition) is 8. The molecule has 31 heavy (non-hydrogen) atoms. The second-order valence-electron chi connectivity index (χ2n) is 6.31. The highest BCUT2D eigenvalue weighted by molar-refractivity contribution is 7.99. The van der Waals surface area contributed by atoms with E-state index in [1.54, 1.807) is 54.9 Å². The van der Waals surface area contributed by atoms with Crippen LogP contribution in [0, 0.1) is 10.1 Å². The van der Waals surface area contributed by atoms with E-state index < -0.39 is 10.9 Å². The molecule has 10 nitrogen and oxygen atoms in total. The average Bonchev–Trinajstić information content (AvgIpc) is 3.13. The molecule has 0 bridgehead atoms. The van der Waals surface area contributed by atoms with Crippen LogP contribution in [0.4, 0.5) is 11.4 Å². The first-order chi connectivity index (χ1) is 14.9. The molecular weight excluding hydrogens is 422 g/mol. The van der Waals surface area contributed by atoms with Crippen molar-refractivity contribution < 1.29 is 19.2 Å². The van der Waals surface area contributed by atoms with Crippen LogP contribution in [0.5, 0.6) is 0 Å². The SMILES string of the molecule is CCOC(=O)c1cccc(NC(=O)CSc2nnc(-c3cccc([N+](=O)[O-])c3)n2C)c1. The van der Waals surface area contributed by atoms with Crippen molar-refractivity contribution in [3.05, 3.63) is 64.2 Å². The van der Waals surface area contributed by atoms with Crippen molar-refractivity contribution in [2.75, 3.05) is 17.7 Å². The van der Waals surface area contributed by atoms with Gasteiger partial charge in [0.05, 0.1) is 22.8 Å². The van der Waals surface area contributed by atoms with Crippen LogP contribution in [0.1, 0.15) is 17.3 Å². The van der Waals surface area contributed by atoms with Crippen molar-refractivity contribution in [3.63, 3.8) is 0 Å². The number of rotatable bonds is 8. The normalized spacial score (nSPS) is 10.5. The lowest BCUT2D eigenvalue weighted by molar-refractivity contribution is -0.384. The fourth-order valence-corrected chi connectivity index (χ4v) is 3.43. The molecule has 0 atom stereocenters. The molecule has 0 aliphatic carbocycles. The Morgan fingerprint density at radius 3 is 2.71 bits per heavy atom. The first-order valence-corrected chi connectivity index (χ1v) is 10.2. The number of amides is 1. The Labute approximate surface area is 181 Å². The summed E-state index contributed by atoms with van der Waals surface area (Å²) in [6, 6.07) is 12.6. The number of nitro groups is 1. The Balaban J connectivity index is 1.64. The molecule has 160 valence electrons. The molecule has 0 spiro atoms. The maximum atomic E-state index is 12.3. The Bertz CT molecular complexity index is 1130. The van der Waals surface area contributed by atoms with Gasteiger partial charge in [0, 0.05) is 30.4 Å². The summed E-state index contributed by atoms with van der Waals surface area (Å²) in [5.74, 6) is -0.231. The zero-order valence-electron chi connectivity index (χ0n) is 16.8. The number of nitrogens with zero attached hydrogens (tertiary/aromatic N) is 4. The third-order valence-electron chi connectivity index (χ3n) is 4.14. The van der Waals surface area contributed by atoms with Gasteiger partial charge in [-0.05, 0) is 25.1 Å². The molecule has 1 N–H and O–H groups in total. The number of hydrogen-bond donors (Lipinski definition) is 1. The van der Waals surface area contributed by atoms with Gasteiger partial charge < -0.3 is 14.6 Å². The van der Waals surface area contributed by atoms with Gasteiger partial charge >= 0.3 is 5.97 Å². The minimum Gasteiger partial charge on any atom is -0.462 e. The average molecular weight is 441 g/mol. The number of anilines is 1. The Hall–Kier alpha value is -3.73. The van der Waals surface area contributed by atoms with Crippen LogP contribution in [-0.4, -0.2) is 43.9 Å². The molecular formula is C20H19N5O5S. The van der Waals surface area contributed by atoms with Gasteiger partial charge in [-0.1, -0.05) is 30.0 Å². The van der Waals surface area contributed by atoms with Crippen LogP contribution in [-0.2, 0) is 16.6 Å². The standard InChI is InChI=1S/C20H19N5O5S/c1-3-30-19(27)14-7-4-8-15(10-14)21-17(26)12-31-20-23-22-18(24(20)2)13-6-5-9-16(11-13)25(28)29/h4-11H,3,12H2,1-2H3,(H,21,26). The van der Waals surface area contributed by atoms with Crippen molar-refractivity contribution in [1.82, 2.24) is 14.8 Å². The second kappa shape index (κ2) is 9.85. The van der Waals surface area contributed by atoms with Crippen LogP contribution < -0.4 is 5.32 Å². The molecule has 0 saturated heterocycles. The maximum Gasteiger partial charge on any atom is 0.338 e. The monoisotopic (exact) mass is 441 g/mol. The number of nitrogens with one attached hydrogen (secondary N) is 1. The highest BCUT2D eigenvalue weighted by Crippen LogP contribution is 2.25. The molecule has 1 heterocycles. The van der Waals surface area contributed by atoms with Gasteiger partial charge in [-0.3, -0.25) is 14.9 Å². The largest absolute Gasteiger partial charge is 0.462 e. The topological polar surface area (TPSA) is 129 Å². The molecule has 3 rings (SSSR count). The minimum absolute atomic E-state index is 0.0425. The summed E-state index contributed by atoms with van der Waals surface area (Å²) in [5.41, 5.74) is 1.34. The lowest BCUT2D eigenvalue weighted by Crippen LogP contribution is -2.15. The number of nitro benzene ring substituents is 1. The van der Waals surface area contributed by atoms with E-state index in [1.165, 1.54) is 23.9 Å². The smallest absolute Gasteiger partial charge is 0.338 e. The highest BCUT2D eigenvalue weighted by Gasteiger charge is 2.16. The fraction of sp³-hybridized carbons (Fsp3) is 0.200. The first-order valence-electron chi connectivity index (χ1n) is 9.23. The van der Waals surface area contributed by atoms with Crippen LogP contribution in [0.15, 0.2) is 53.7 Å². The van der Waals surface area contributed by atoms with E-state index in [4.69, 9.17) is 4.74 Å². The molecule has 0 aliphatic heterocycles. The number of carbonyl (C=O) groups is 2. The predicted octanol–water partition coefficient (Wildman–Crippen LogP) is 3.30. The van der Waals surface area contributed by atoms with Gasteiger partial charge in [0.15, 0.2) is 11.0 Å². The summed E-state index contributed by atoms with van der Waals surface area (Å²) in [4.78, 5) is 34.6. The van der Waals surface area contributed by atoms with Crippen molar-refractivity contribution in [2.24, 2.45) is 7.05 Å². The van der Waals surface area contributed by atoms with E-state index in [1.807, 2.05) is 0 Å². The predicted molar refractivity (Wildman–Crippen MR) is 115 cm³/mol. The molecule has 11 heteroatoms. The van der Waals surface area contributed by atoms with Gasteiger partial charge in [0.25, 0.3) is 5.69 Å². The molecule has 0 radical (unpaired) electrons. The van der Waals surface area contributed by atoms with E-state index in [0.29, 0.717) is 27.8 Å². The van der Waals surface area contributed by atoms with Crippen molar-refractivity contribution in [2.45, 2.75) is 12.1 Å². The molecule has 0 saturated carbocycles. The third-order valence-corrected chi connectivity index (χ3v) is 5.16. The van der Waals surface area contributed by atoms with Crippen LogP contribution >= 0.6 is 11.8 Å². The Morgan fingerprint density at radius 1 is 1.19 bits per heavy atom. The summed E-state index contributed by atoms with van der Waals surface area (Å²) < 4.78 is 6.62. The van der Waals surface area contributed by atoms with Crippen LogP contribution in [0.3, 0.4) is 0 Å². The zero-order valence-corrected chi connectivity index (χ0v) is 17.6.